The Morgan fingerprint density at radius 3 is 2.14 bits per heavy atom. The summed E-state index contributed by atoms with van der Waals surface area (Å²) in [6, 6.07) is 0. The number of carboxylic acids is 2. The Morgan fingerprint density at radius 2 is 1.79 bits per heavy atom. The molecule has 0 radical (unpaired) electrons. The van der Waals surface area contributed by atoms with Crippen LogP contribution < -0.4 is 0 Å². The molecule has 0 unspecified atom stereocenters. The van der Waals surface area contributed by atoms with Gasteiger partial charge in [-0.05, 0) is 25.5 Å². The van der Waals surface area contributed by atoms with Gasteiger partial charge in [0.05, 0.1) is 12.9 Å². The molecule has 0 fully saturated rings. The number of allylic oxidation sites excluding steroid dienone is 2. The summed E-state index contributed by atoms with van der Waals surface area (Å²) in [7, 11) is 0. The van der Waals surface area contributed by atoms with Crippen LogP contribution in [0, 0.1) is 0 Å². The summed E-state index contributed by atoms with van der Waals surface area (Å²) in [5.41, 5.74) is -0.245. The number of aliphatic carboxylic acids is 2. The Labute approximate surface area is 81.3 Å². The summed E-state index contributed by atoms with van der Waals surface area (Å²) >= 11 is 0. The van der Waals surface area contributed by atoms with Crippen molar-refractivity contribution in [1.29, 1.82) is 0 Å². The minimum absolute atomic E-state index is 0.437. The average Bonchev–Trinajstić information content (AvgIpc) is 2.09. The topological polar surface area (TPSA) is 83.8 Å². The lowest BCUT2D eigenvalue weighted by Gasteiger charge is -1.97. The van der Waals surface area contributed by atoms with Gasteiger partial charge >= 0.3 is 11.9 Å². The van der Waals surface area contributed by atoms with Crippen LogP contribution in [0.15, 0.2) is 23.5 Å². The van der Waals surface area contributed by atoms with Crippen molar-refractivity contribution in [1.82, 2.24) is 0 Å². The first-order valence-corrected chi connectivity index (χ1v) is 3.95. The van der Waals surface area contributed by atoms with Gasteiger partial charge in [0.1, 0.15) is 5.57 Å². The molecule has 78 valence electrons. The van der Waals surface area contributed by atoms with Crippen molar-refractivity contribution < 1.29 is 24.5 Å². The number of carbonyl (C=O) groups is 2. The molecule has 0 bridgehead atoms. The van der Waals surface area contributed by atoms with Gasteiger partial charge in [0, 0.05) is 0 Å². The Balaban J connectivity index is 4.74. The molecule has 0 saturated carbocycles. The van der Waals surface area contributed by atoms with Crippen LogP contribution in [0.2, 0.25) is 0 Å². The van der Waals surface area contributed by atoms with Gasteiger partial charge in [0.2, 0.25) is 0 Å². The molecule has 0 rings (SSSR count). The monoisotopic (exact) mass is 200 g/mol. The maximum atomic E-state index is 10.4. The SMILES string of the molecule is CCOC=C(C)C=C(C(=O)O)C(=O)O. The van der Waals surface area contributed by atoms with Gasteiger partial charge in [0.25, 0.3) is 0 Å². The van der Waals surface area contributed by atoms with Gasteiger partial charge < -0.3 is 14.9 Å². The highest BCUT2D eigenvalue weighted by molar-refractivity contribution is 6.12. The summed E-state index contributed by atoms with van der Waals surface area (Å²) in [4.78, 5) is 20.9. The van der Waals surface area contributed by atoms with Crippen LogP contribution in [0.25, 0.3) is 0 Å². The summed E-state index contributed by atoms with van der Waals surface area (Å²) < 4.78 is 4.86. The van der Waals surface area contributed by atoms with Crippen LogP contribution in [0.1, 0.15) is 13.8 Å². The Hall–Kier alpha value is -1.78. The lowest BCUT2D eigenvalue weighted by Crippen LogP contribution is -2.11. The maximum Gasteiger partial charge on any atom is 0.343 e. The Morgan fingerprint density at radius 1 is 1.29 bits per heavy atom. The third-order valence-corrected chi connectivity index (χ3v) is 1.27. The van der Waals surface area contributed by atoms with E-state index in [2.05, 4.69) is 0 Å². The van der Waals surface area contributed by atoms with E-state index in [1.807, 2.05) is 0 Å². The normalized spacial score (nSPS) is 10.6. The molecule has 0 aromatic rings. The molecule has 0 aromatic carbocycles. The predicted molar refractivity (Wildman–Crippen MR) is 48.7 cm³/mol. The lowest BCUT2D eigenvalue weighted by molar-refractivity contribution is -0.140. The fourth-order valence-electron chi connectivity index (χ4n) is 0.691. The molecule has 0 heterocycles. The Kier molecular flexibility index (Phi) is 5.06. The van der Waals surface area contributed by atoms with Crippen molar-refractivity contribution >= 4 is 11.9 Å². The molecule has 0 atom stereocenters. The van der Waals surface area contributed by atoms with Crippen molar-refractivity contribution in [3.8, 4) is 0 Å². The first-order valence-electron chi connectivity index (χ1n) is 3.95. The minimum atomic E-state index is -1.47. The first-order chi connectivity index (χ1) is 6.49. The van der Waals surface area contributed by atoms with E-state index in [0.29, 0.717) is 12.2 Å². The number of ether oxygens (including phenoxy) is 1. The van der Waals surface area contributed by atoms with E-state index < -0.39 is 17.5 Å². The third-order valence-electron chi connectivity index (χ3n) is 1.27. The molecule has 2 N–H and O–H groups in total. The van der Waals surface area contributed by atoms with Crippen LogP contribution in [-0.2, 0) is 14.3 Å². The molecule has 0 aliphatic carbocycles. The molecular weight excluding hydrogens is 188 g/mol. The second-order valence-corrected chi connectivity index (χ2v) is 2.49. The summed E-state index contributed by atoms with van der Waals surface area (Å²) in [6.07, 6.45) is 2.35. The van der Waals surface area contributed by atoms with E-state index in [-0.39, 0.29) is 0 Å². The highest BCUT2D eigenvalue weighted by Crippen LogP contribution is 2.03. The minimum Gasteiger partial charge on any atom is -0.501 e. The highest BCUT2D eigenvalue weighted by Gasteiger charge is 2.15. The van der Waals surface area contributed by atoms with Gasteiger partial charge in [-0.15, -0.1) is 0 Å². The molecule has 0 aromatic heterocycles. The van der Waals surface area contributed by atoms with Gasteiger partial charge in [-0.25, -0.2) is 9.59 Å². The molecule has 0 aliphatic heterocycles. The van der Waals surface area contributed by atoms with Crippen LogP contribution in [0.4, 0.5) is 0 Å². The van der Waals surface area contributed by atoms with Crippen LogP contribution in [-0.4, -0.2) is 28.8 Å². The van der Waals surface area contributed by atoms with Crippen molar-refractivity contribution in [2.24, 2.45) is 0 Å². The molecule has 0 aliphatic rings. The fraction of sp³-hybridized carbons (Fsp3) is 0.333. The van der Waals surface area contributed by atoms with E-state index in [1.54, 1.807) is 13.8 Å². The largest absolute Gasteiger partial charge is 0.501 e. The second-order valence-electron chi connectivity index (χ2n) is 2.49. The molecule has 5 nitrogen and oxygen atoms in total. The van der Waals surface area contributed by atoms with E-state index in [0.717, 1.165) is 6.08 Å². The fourth-order valence-corrected chi connectivity index (χ4v) is 0.691. The van der Waals surface area contributed by atoms with Gasteiger partial charge in [0.15, 0.2) is 0 Å². The van der Waals surface area contributed by atoms with E-state index in [1.165, 1.54) is 6.26 Å². The molecule has 0 saturated heterocycles. The molecule has 0 spiro atoms. The maximum absolute atomic E-state index is 10.4. The van der Waals surface area contributed by atoms with Gasteiger partial charge in [-0.2, -0.15) is 0 Å². The number of hydrogen-bond acceptors (Lipinski definition) is 3. The summed E-state index contributed by atoms with van der Waals surface area (Å²) in [5, 5.41) is 17.0. The molecular formula is C9H12O5. The third kappa shape index (κ3) is 4.30. The average molecular weight is 200 g/mol. The standard InChI is InChI=1S/C9H12O5/c1-3-14-5-6(2)4-7(8(10)11)9(12)13/h4-5H,3H2,1-2H3,(H,10,11)(H,12,13). The molecule has 5 heteroatoms. The number of rotatable bonds is 5. The zero-order chi connectivity index (χ0) is 11.1. The first kappa shape index (κ1) is 12.2. The van der Waals surface area contributed by atoms with Crippen LogP contribution >= 0.6 is 0 Å². The quantitative estimate of drug-likeness (QED) is 0.227. The van der Waals surface area contributed by atoms with Crippen molar-refractivity contribution in [3.05, 3.63) is 23.5 Å². The smallest absolute Gasteiger partial charge is 0.343 e. The van der Waals surface area contributed by atoms with Crippen molar-refractivity contribution in [2.45, 2.75) is 13.8 Å². The zero-order valence-electron chi connectivity index (χ0n) is 7.98. The van der Waals surface area contributed by atoms with E-state index in [4.69, 9.17) is 14.9 Å². The number of carboxylic acid groups (broad SMARTS) is 2. The van der Waals surface area contributed by atoms with E-state index in [9.17, 15) is 9.59 Å². The lowest BCUT2D eigenvalue weighted by atomic mass is 10.2. The summed E-state index contributed by atoms with van der Waals surface area (Å²) in [5.74, 6) is -2.94. The Bertz CT molecular complexity index is 272. The summed E-state index contributed by atoms with van der Waals surface area (Å²) in [6.45, 7) is 3.77. The van der Waals surface area contributed by atoms with Crippen molar-refractivity contribution in [3.63, 3.8) is 0 Å². The van der Waals surface area contributed by atoms with Gasteiger partial charge in [-0.1, -0.05) is 0 Å². The van der Waals surface area contributed by atoms with Crippen molar-refractivity contribution in [2.75, 3.05) is 6.61 Å². The van der Waals surface area contributed by atoms with Gasteiger partial charge in [-0.3, -0.25) is 0 Å². The molecule has 0 amide bonds. The molecule has 14 heavy (non-hydrogen) atoms. The zero-order valence-corrected chi connectivity index (χ0v) is 7.98. The second kappa shape index (κ2) is 5.80. The van der Waals surface area contributed by atoms with E-state index >= 15 is 0 Å². The highest BCUT2D eigenvalue weighted by atomic mass is 16.5. The van der Waals surface area contributed by atoms with Crippen LogP contribution in [0.5, 0.6) is 0 Å². The van der Waals surface area contributed by atoms with Crippen LogP contribution in [0.3, 0.4) is 0 Å². The number of hydrogen-bond donors (Lipinski definition) is 2. The predicted octanol–water partition coefficient (Wildman–Crippen LogP) is 1.02.